The van der Waals surface area contributed by atoms with Crippen LogP contribution in [0.25, 0.3) is 0 Å². The minimum absolute atomic E-state index is 0.160. The molecule has 0 spiro atoms. The van der Waals surface area contributed by atoms with Gasteiger partial charge in [0.25, 0.3) is 0 Å². The molecule has 1 aromatic rings. The van der Waals surface area contributed by atoms with Gasteiger partial charge >= 0.3 is 0 Å². The fraction of sp³-hybridized carbons (Fsp3) is 0.455. The van der Waals surface area contributed by atoms with E-state index in [4.69, 9.17) is 4.74 Å². The van der Waals surface area contributed by atoms with Crippen LogP contribution in [-0.4, -0.2) is 19.9 Å². The molecule has 1 aromatic carbocycles. The lowest BCUT2D eigenvalue weighted by Crippen LogP contribution is -2.04. The van der Waals surface area contributed by atoms with Gasteiger partial charge in [0.1, 0.15) is 13.3 Å². The van der Waals surface area contributed by atoms with Crippen molar-refractivity contribution in [2.75, 3.05) is 19.9 Å². The second kappa shape index (κ2) is 6.25. The van der Waals surface area contributed by atoms with Crippen molar-refractivity contribution in [1.82, 2.24) is 0 Å². The Labute approximate surface area is 92.0 Å². The molecule has 0 aliphatic rings. The van der Waals surface area contributed by atoms with E-state index in [1.807, 2.05) is 6.92 Å². The van der Waals surface area contributed by atoms with Gasteiger partial charge in [-0.05, 0) is 18.6 Å². The minimum atomic E-state index is -1.15. The highest BCUT2D eigenvalue weighted by atomic mass is 19.2. The van der Waals surface area contributed by atoms with Gasteiger partial charge in [0.2, 0.25) is 11.6 Å². The van der Waals surface area contributed by atoms with Crippen molar-refractivity contribution in [3.63, 3.8) is 0 Å². The monoisotopic (exact) mass is 234 g/mol. The topological polar surface area (TPSA) is 18.5 Å². The second-order valence-corrected chi connectivity index (χ2v) is 3.08. The smallest absolute Gasteiger partial charge is 0.204 e. The lowest BCUT2D eigenvalue weighted by atomic mass is 10.3. The van der Waals surface area contributed by atoms with Crippen LogP contribution < -0.4 is 9.47 Å². The molecule has 0 unspecified atom stereocenters. The minimum Gasteiger partial charge on any atom is -0.490 e. The van der Waals surface area contributed by atoms with Crippen LogP contribution in [0.2, 0.25) is 0 Å². The fourth-order valence-electron chi connectivity index (χ4n) is 1.10. The summed E-state index contributed by atoms with van der Waals surface area (Å²) in [5.74, 6) is -2.72. The molecular weight excluding hydrogens is 221 g/mol. The first kappa shape index (κ1) is 12.7. The second-order valence-electron chi connectivity index (χ2n) is 3.08. The Morgan fingerprint density at radius 3 is 1.94 bits per heavy atom. The Balaban J connectivity index is 2.81. The van der Waals surface area contributed by atoms with Crippen LogP contribution >= 0.6 is 0 Å². The summed E-state index contributed by atoms with van der Waals surface area (Å²) in [7, 11) is 0. The van der Waals surface area contributed by atoms with Crippen LogP contribution in [0.5, 0.6) is 11.5 Å². The zero-order valence-electron chi connectivity index (χ0n) is 8.93. The molecule has 0 heterocycles. The Kier molecular flexibility index (Phi) is 4.95. The molecule has 5 heteroatoms. The van der Waals surface area contributed by atoms with Crippen LogP contribution in [0.4, 0.5) is 13.2 Å². The third-order valence-electron chi connectivity index (χ3n) is 1.81. The molecule has 0 atom stereocenters. The molecule has 0 saturated heterocycles. The zero-order valence-corrected chi connectivity index (χ0v) is 8.93. The number of rotatable bonds is 6. The van der Waals surface area contributed by atoms with E-state index in [0.29, 0.717) is 13.0 Å². The molecule has 0 amide bonds. The Hall–Kier alpha value is -1.39. The molecule has 2 nitrogen and oxygen atoms in total. The lowest BCUT2D eigenvalue weighted by molar-refractivity contribution is 0.252. The number of hydrogen-bond acceptors (Lipinski definition) is 2. The third kappa shape index (κ3) is 3.05. The molecule has 0 fully saturated rings. The highest BCUT2D eigenvalue weighted by Crippen LogP contribution is 2.27. The van der Waals surface area contributed by atoms with Gasteiger partial charge in [-0.3, -0.25) is 0 Å². The molecule has 90 valence electrons. The molecule has 16 heavy (non-hydrogen) atoms. The van der Waals surface area contributed by atoms with E-state index in [1.54, 1.807) is 0 Å². The van der Waals surface area contributed by atoms with E-state index in [9.17, 15) is 13.2 Å². The number of benzene rings is 1. The molecule has 0 aliphatic carbocycles. The molecular formula is C11H13F3O2. The fourth-order valence-corrected chi connectivity index (χ4v) is 1.10. The molecule has 1 rings (SSSR count). The highest BCUT2D eigenvalue weighted by molar-refractivity contribution is 5.34. The van der Waals surface area contributed by atoms with Crippen molar-refractivity contribution < 1.29 is 22.6 Å². The van der Waals surface area contributed by atoms with Crippen LogP contribution in [0, 0.1) is 11.6 Å². The molecule has 0 radical (unpaired) electrons. The van der Waals surface area contributed by atoms with Crippen molar-refractivity contribution in [1.29, 1.82) is 0 Å². The van der Waals surface area contributed by atoms with Gasteiger partial charge in [0.15, 0.2) is 11.5 Å². The first-order chi connectivity index (χ1) is 7.70. The van der Waals surface area contributed by atoms with Gasteiger partial charge in [0.05, 0.1) is 6.61 Å². The highest BCUT2D eigenvalue weighted by Gasteiger charge is 2.15. The molecule has 0 bridgehead atoms. The van der Waals surface area contributed by atoms with E-state index in [2.05, 4.69) is 4.74 Å². The lowest BCUT2D eigenvalue weighted by Gasteiger charge is -2.09. The molecule has 0 aliphatic heterocycles. The molecule has 0 saturated carbocycles. The van der Waals surface area contributed by atoms with Gasteiger partial charge in [-0.1, -0.05) is 6.92 Å². The van der Waals surface area contributed by atoms with E-state index in [0.717, 1.165) is 0 Å². The summed E-state index contributed by atoms with van der Waals surface area (Å²) < 4.78 is 48.1. The zero-order chi connectivity index (χ0) is 12.0. The molecule has 0 aromatic heterocycles. The Morgan fingerprint density at radius 2 is 1.50 bits per heavy atom. The van der Waals surface area contributed by atoms with Crippen molar-refractivity contribution >= 4 is 0 Å². The Morgan fingerprint density at radius 1 is 1.00 bits per heavy atom. The average molecular weight is 234 g/mol. The summed E-state index contributed by atoms with van der Waals surface area (Å²) >= 11 is 0. The van der Waals surface area contributed by atoms with Crippen molar-refractivity contribution in [3.05, 3.63) is 23.8 Å². The maximum Gasteiger partial charge on any atom is 0.204 e. The normalized spacial score (nSPS) is 10.2. The van der Waals surface area contributed by atoms with Crippen molar-refractivity contribution in [2.45, 2.75) is 13.3 Å². The van der Waals surface area contributed by atoms with Crippen molar-refractivity contribution in [2.24, 2.45) is 0 Å². The summed E-state index contributed by atoms with van der Waals surface area (Å²) in [5, 5.41) is 0. The first-order valence-electron chi connectivity index (χ1n) is 5.00. The average Bonchev–Trinajstić information content (AvgIpc) is 2.30. The van der Waals surface area contributed by atoms with Crippen molar-refractivity contribution in [3.8, 4) is 11.5 Å². The number of halogens is 3. The predicted molar refractivity (Wildman–Crippen MR) is 53.6 cm³/mol. The SMILES string of the molecule is CCCOc1ccc(OCCF)c(F)c1F. The summed E-state index contributed by atoms with van der Waals surface area (Å²) in [6.07, 6.45) is 0.696. The summed E-state index contributed by atoms with van der Waals surface area (Å²) in [4.78, 5) is 0. The largest absolute Gasteiger partial charge is 0.490 e. The van der Waals surface area contributed by atoms with E-state index in [-0.39, 0.29) is 18.1 Å². The maximum atomic E-state index is 13.3. The number of hydrogen-bond donors (Lipinski definition) is 0. The third-order valence-corrected chi connectivity index (χ3v) is 1.81. The van der Waals surface area contributed by atoms with Gasteiger partial charge in [-0.15, -0.1) is 0 Å². The summed E-state index contributed by atoms with van der Waals surface area (Å²) in [5.41, 5.74) is 0. The van der Waals surface area contributed by atoms with Crippen LogP contribution in [0.15, 0.2) is 12.1 Å². The molecule has 0 N–H and O–H groups in total. The summed E-state index contributed by atoms with van der Waals surface area (Å²) in [6.45, 7) is 1.11. The van der Waals surface area contributed by atoms with E-state index < -0.39 is 18.3 Å². The van der Waals surface area contributed by atoms with Crippen LogP contribution in [0.3, 0.4) is 0 Å². The number of ether oxygens (including phenoxy) is 2. The van der Waals surface area contributed by atoms with Crippen LogP contribution in [0.1, 0.15) is 13.3 Å². The maximum absolute atomic E-state index is 13.3. The van der Waals surface area contributed by atoms with Crippen LogP contribution in [-0.2, 0) is 0 Å². The standard InChI is InChI=1S/C11H13F3O2/c1-2-6-15-8-3-4-9(16-7-5-12)11(14)10(8)13/h3-4H,2,5-7H2,1H3. The van der Waals surface area contributed by atoms with Gasteiger partial charge in [0, 0.05) is 0 Å². The van der Waals surface area contributed by atoms with Gasteiger partial charge < -0.3 is 9.47 Å². The summed E-state index contributed by atoms with van der Waals surface area (Å²) in [6, 6.07) is 2.49. The van der Waals surface area contributed by atoms with Gasteiger partial charge in [-0.25, -0.2) is 4.39 Å². The predicted octanol–water partition coefficient (Wildman–Crippen LogP) is 3.10. The van der Waals surface area contributed by atoms with E-state index in [1.165, 1.54) is 12.1 Å². The number of alkyl halides is 1. The van der Waals surface area contributed by atoms with E-state index >= 15 is 0 Å². The Bertz CT molecular complexity index is 309. The first-order valence-corrected chi connectivity index (χ1v) is 5.00. The van der Waals surface area contributed by atoms with Gasteiger partial charge in [-0.2, -0.15) is 8.78 Å². The quantitative estimate of drug-likeness (QED) is 0.753.